The number of benzene rings is 1. The van der Waals surface area contributed by atoms with Crippen molar-refractivity contribution in [2.45, 2.75) is 38.1 Å². The van der Waals surface area contributed by atoms with E-state index in [1.165, 1.54) is 4.57 Å². The number of rotatable bonds is 9. The van der Waals surface area contributed by atoms with Gasteiger partial charge in [-0.25, -0.2) is 4.79 Å². The Bertz CT molecular complexity index is 1110. The van der Waals surface area contributed by atoms with E-state index in [1.807, 2.05) is 6.92 Å². The highest BCUT2D eigenvalue weighted by Crippen LogP contribution is 2.26. The topological polar surface area (TPSA) is 111 Å². The summed E-state index contributed by atoms with van der Waals surface area (Å²) >= 11 is -1.68. The third kappa shape index (κ3) is 5.64. The van der Waals surface area contributed by atoms with Gasteiger partial charge in [0.1, 0.15) is 5.75 Å². The molecule has 2 aromatic heterocycles. The number of ether oxygens (including phenoxy) is 2. The standard InChI is InChI=1S/C22H26N4O5S/c1-15(2)25-31-22(27)26-19-9-6-5-8-17(19)24-21(26)32(28)14-18-16(3)20(10-11-23-18)30-13-7-12-29-4/h5-6,8-11H,7,12-14H2,1-4H3. The van der Waals surface area contributed by atoms with Crippen LogP contribution < -0.4 is 4.74 Å². The van der Waals surface area contributed by atoms with Crippen LogP contribution in [0.2, 0.25) is 0 Å². The molecule has 0 aliphatic carbocycles. The van der Waals surface area contributed by atoms with Gasteiger partial charge in [-0.1, -0.05) is 17.3 Å². The second-order valence-electron chi connectivity index (χ2n) is 7.18. The summed E-state index contributed by atoms with van der Waals surface area (Å²) in [5, 5.41) is 3.80. The van der Waals surface area contributed by atoms with Crippen LogP contribution in [-0.4, -0.2) is 51.2 Å². The summed E-state index contributed by atoms with van der Waals surface area (Å²) in [5.41, 5.74) is 2.99. The minimum Gasteiger partial charge on any atom is -0.609 e. The SMILES string of the molecule is COCCCOc1ccnc(C[S+]([O-])c2nc3ccccc3n2C(=O)ON=C(C)C)c1C. The number of fused-ring (bicyclic) bond motifs is 1. The van der Waals surface area contributed by atoms with Gasteiger partial charge in [-0.15, -0.1) is 0 Å². The molecule has 2 heterocycles. The zero-order valence-electron chi connectivity index (χ0n) is 18.5. The van der Waals surface area contributed by atoms with Gasteiger partial charge in [0.25, 0.3) is 0 Å². The fourth-order valence-corrected chi connectivity index (χ4v) is 4.18. The summed E-state index contributed by atoms with van der Waals surface area (Å²) in [6.45, 7) is 6.38. The summed E-state index contributed by atoms with van der Waals surface area (Å²) in [4.78, 5) is 26.5. The van der Waals surface area contributed by atoms with Crippen molar-refractivity contribution in [1.29, 1.82) is 0 Å². The molecule has 3 rings (SSSR count). The van der Waals surface area contributed by atoms with Gasteiger partial charge in [0.2, 0.25) is 0 Å². The summed E-state index contributed by atoms with van der Waals surface area (Å²) < 4.78 is 25.3. The summed E-state index contributed by atoms with van der Waals surface area (Å²) in [5.74, 6) is 0.733. The van der Waals surface area contributed by atoms with E-state index in [-0.39, 0.29) is 10.9 Å². The molecule has 0 aliphatic heterocycles. The molecule has 0 bridgehead atoms. The van der Waals surface area contributed by atoms with Crippen molar-refractivity contribution in [3.05, 3.63) is 47.8 Å². The zero-order valence-corrected chi connectivity index (χ0v) is 19.3. The van der Waals surface area contributed by atoms with Crippen molar-refractivity contribution in [2.24, 2.45) is 5.16 Å². The first-order chi connectivity index (χ1) is 15.4. The molecule has 32 heavy (non-hydrogen) atoms. The number of imidazole rings is 1. The number of aromatic nitrogens is 3. The van der Waals surface area contributed by atoms with Crippen molar-refractivity contribution in [1.82, 2.24) is 14.5 Å². The van der Waals surface area contributed by atoms with E-state index in [2.05, 4.69) is 15.1 Å². The minimum absolute atomic E-state index is 0.0633. The fourth-order valence-electron chi connectivity index (χ4n) is 2.94. The lowest BCUT2D eigenvalue weighted by molar-refractivity contribution is 0.150. The van der Waals surface area contributed by atoms with Gasteiger partial charge in [0.05, 0.1) is 29.0 Å². The van der Waals surface area contributed by atoms with E-state index in [0.717, 1.165) is 12.0 Å². The molecule has 1 aromatic carbocycles. The molecule has 0 amide bonds. The molecule has 0 aliphatic rings. The molecule has 10 heteroatoms. The van der Waals surface area contributed by atoms with Crippen molar-refractivity contribution >= 4 is 34.0 Å². The Balaban J connectivity index is 1.87. The van der Waals surface area contributed by atoms with Crippen molar-refractivity contribution in [2.75, 3.05) is 20.3 Å². The predicted octanol–water partition coefficient (Wildman–Crippen LogP) is 3.84. The number of nitrogens with zero attached hydrogens (tertiary/aromatic N) is 4. The van der Waals surface area contributed by atoms with Crippen LogP contribution in [-0.2, 0) is 26.5 Å². The molecule has 3 aromatic rings. The van der Waals surface area contributed by atoms with E-state index in [0.29, 0.717) is 41.4 Å². The lowest BCUT2D eigenvalue weighted by Gasteiger charge is -2.14. The van der Waals surface area contributed by atoms with E-state index in [9.17, 15) is 9.35 Å². The van der Waals surface area contributed by atoms with Crippen LogP contribution in [0.15, 0.2) is 46.8 Å². The second kappa shape index (κ2) is 11.1. The molecule has 0 saturated carbocycles. The molecular formula is C22H26N4O5S. The Morgan fingerprint density at radius 2 is 2.00 bits per heavy atom. The Morgan fingerprint density at radius 3 is 2.75 bits per heavy atom. The van der Waals surface area contributed by atoms with E-state index < -0.39 is 17.3 Å². The quantitative estimate of drug-likeness (QED) is 0.157. The molecule has 0 radical (unpaired) electrons. The number of hydrogen-bond donors (Lipinski definition) is 0. The Morgan fingerprint density at radius 1 is 1.22 bits per heavy atom. The highest BCUT2D eigenvalue weighted by molar-refractivity contribution is 7.90. The molecule has 1 atom stereocenters. The zero-order chi connectivity index (χ0) is 23.1. The van der Waals surface area contributed by atoms with Gasteiger partial charge in [-0.05, 0) is 39.0 Å². The first-order valence-corrected chi connectivity index (χ1v) is 11.4. The van der Waals surface area contributed by atoms with Crippen LogP contribution in [0.3, 0.4) is 0 Å². The van der Waals surface area contributed by atoms with Crippen LogP contribution in [0.25, 0.3) is 11.0 Å². The van der Waals surface area contributed by atoms with Gasteiger partial charge in [-0.3, -0.25) is 9.82 Å². The monoisotopic (exact) mass is 458 g/mol. The Hall–Kier alpha value is -2.95. The maximum absolute atomic E-state index is 13.3. The van der Waals surface area contributed by atoms with Crippen LogP contribution in [0, 0.1) is 6.92 Å². The fraction of sp³-hybridized carbons (Fsp3) is 0.364. The largest absolute Gasteiger partial charge is 0.609 e. The maximum Gasteiger partial charge on any atom is 0.449 e. The number of pyridine rings is 1. The summed E-state index contributed by atoms with van der Waals surface area (Å²) in [6, 6.07) is 8.79. The maximum atomic E-state index is 13.3. The van der Waals surface area contributed by atoms with Crippen LogP contribution in [0.4, 0.5) is 4.79 Å². The number of methoxy groups -OCH3 is 1. The number of carbonyl (C=O) groups excluding carboxylic acids is 1. The highest BCUT2D eigenvalue weighted by atomic mass is 32.2. The van der Waals surface area contributed by atoms with Crippen molar-refractivity contribution in [3.8, 4) is 5.75 Å². The van der Waals surface area contributed by atoms with Crippen LogP contribution in [0.5, 0.6) is 5.75 Å². The van der Waals surface area contributed by atoms with Gasteiger partial charge in [0, 0.05) is 43.1 Å². The third-order valence-electron chi connectivity index (χ3n) is 4.50. The number of hydrogen-bond acceptors (Lipinski definition) is 8. The first kappa shape index (κ1) is 23.7. The number of carbonyl (C=O) groups is 1. The molecule has 170 valence electrons. The van der Waals surface area contributed by atoms with Crippen molar-refractivity contribution < 1.29 is 23.7 Å². The van der Waals surface area contributed by atoms with Crippen LogP contribution >= 0.6 is 0 Å². The van der Waals surface area contributed by atoms with E-state index in [4.69, 9.17) is 14.3 Å². The van der Waals surface area contributed by atoms with Crippen LogP contribution in [0.1, 0.15) is 31.5 Å². The summed E-state index contributed by atoms with van der Waals surface area (Å²) in [7, 11) is 1.64. The molecule has 0 N–H and O–H groups in total. The van der Waals surface area contributed by atoms with Gasteiger partial charge < -0.3 is 14.0 Å². The smallest absolute Gasteiger partial charge is 0.449 e. The molecule has 0 saturated heterocycles. The lowest BCUT2D eigenvalue weighted by atomic mass is 10.2. The average molecular weight is 459 g/mol. The van der Waals surface area contributed by atoms with E-state index >= 15 is 0 Å². The second-order valence-corrected chi connectivity index (χ2v) is 8.52. The Kier molecular flexibility index (Phi) is 8.20. The number of para-hydroxylation sites is 2. The molecule has 1 unspecified atom stereocenters. The first-order valence-electron chi connectivity index (χ1n) is 10.1. The predicted molar refractivity (Wildman–Crippen MR) is 121 cm³/mol. The van der Waals surface area contributed by atoms with Gasteiger partial charge in [-0.2, -0.15) is 9.55 Å². The molecular weight excluding hydrogens is 432 g/mol. The normalized spacial score (nSPS) is 11.9. The number of oxime groups is 1. The lowest BCUT2D eigenvalue weighted by Crippen LogP contribution is -2.20. The molecule has 9 nitrogen and oxygen atoms in total. The van der Waals surface area contributed by atoms with Gasteiger partial charge in [0.15, 0.2) is 5.75 Å². The minimum atomic E-state index is -1.68. The molecule has 0 spiro atoms. The van der Waals surface area contributed by atoms with Gasteiger partial charge >= 0.3 is 11.2 Å². The average Bonchev–Trinajstić information content (AvgIpc) is 3.17. The van der Waals surface area contributed by atoms with E-state index in [1.54, 1.807) is 57.5 Å². The summed E-state index contributed by atoms with van der Waals surface area (Å²) in [6.07, 6.45) is 1.59. The van der Waals surface area contributed by atoms with Crippen molar-refractivity contribution in [3.63, 3.8) is 0 Å². The Labute approximate surface area is 189 Å². The third-order valence-corrected chi connectivity index (χ3v) is 5.72. The highest BCUT2D eigenvalue weighted by Gasteiger charge is 2.28. The molecule has 0 fully saturated rings.